The van der Waals surface area contributed by atoms with Gasteiger partial charge in [0.15, 0.2) is 0 Å². The van der Waals surface area contributed by atoms with Crippen LogP contribution in [0.4, 0.5) is 11.4 Å². The van der Waals surface area contributed by atoms with Gasteiger partial charge in [-0.2, -0.15) is 0 Å². The summed E-state index contributed by atoms with van der Waals surface area (Å²) in [5, 5.41) is 14.4. The first kappa shape index (κ1) is 24.1. The van der Waals surface area contributed by atoms with E-state index in [1.165, 1.54) is 5.56 Å². The molecule has 0 spiro atoms. The molecule has 3 aliphatic rings. The van der Waals surface area contributed by atoms with E-state index in [0.29, 0.717) is 5.88 Å². The first-order chi connectivity index (χ1) is 18.6. The van der Waals surface area contributed by atoms with Gasteiger partial charge in [-0.3, -0.25) is 4.99 Å². The lowest BCUT2D eigenvalue weighted by Gasteiger charge is -2.23. The van der Waals surface area contributed by atoms with Gasteiger partial charge in [0.05, 0.1) is 52.7 Å². The monoisotopic (exact) mass is 505 g/mol. The number of methoxy groups -OCH3 is 1. The molecule has 3 aromatic rings. The molecule has 38 heavy (non-hydrogen) atoms. The molecule has 0 saturated heterocycles. The second-order valence-corrected chi connectivity index (χ2v) is 9.91. The molecule has 1 saturated carbocycles. The summed E-state index contributed by atoms with van der Waals surface area (Å²) in [5.74, 6) is 0.514. The standard InChI is InChI=1S/C31H31N5O2/c1-20-9-13-22(14-10-20)36-29-8-4-3-6-24(29)34-28-18-26(35-25-7-5-17-32-31(25)38-2)27(19-30(28)36)33-21-11-15-23(37)16-12-21/h3-10,13-14,17-19,21,23,35,37H,11-12,15-16H2,1-2H3/b33-27+. The molecular formula is C31H31N5O2. The number of nitrogens with one attached hydrogen (secondary N) is 1. The molecule has 1 aliphatic heterocycles. The number of aromatic nitrogens is 3. The van der Waals surface area contributed by atoms with Crippen LogP contribution < -0.4 is 15.4 Å². The molecule has 6 rings (SSSR count). The van der Waals surface area contributed by atoms with Crippen LogP contribution in [0.5, 0.6) is 5.88 Å². The van der Waals surface area contributed by atoms with Crippen molar-refractivity contribution in [2.75, 3.05) is 12.4 Å². The Morgan fingerprint density at radius 1 is 0.947 bits per heavy atom. The quantitative estimate of drug-likeness (QED) is 0.295. The predicted octanol–water partition coefficient (Wildman–Crippen LogP) is 5.79. The number of nitrogens with zero attached hydrogens (tertiary/aromatic N) is 4. The Labute approximate surface area is 221 Å². The minimum atomic E-state index is -0.227. The van der Waals surface area contributed by atoms with Crippen molar-refractivity contribution in [3.8, 4) is 23.0 Å². The molecule has 7 nitrogen and oxygen atoms in total. The van der Waals surface area contributed by atoms with E-state index in [0.717, 1.165) is 70.5 Å². The van der Waals surface area contributed by atoms with Gasteiger partial charge in [-0.25, -0.2) is 9.97 Å². The van der Waals surface area contributed by atoms with E-state index in [1.54, 1.807) is 13.3 Å². The van der Waals surface area contributed by atoms with Gasteiger partial charge in [0, 0.05) is 11.9 Å². The Kier molecular flexibility index (Phi) is 6.52. The molecule has 0 bridgehead atoms. The fourth-order valence-electron chi connectivity index (χ4n) is 5.20. The third-order valence-electron chi connectivity index (χ3n) is 7.21. The predicted molar refractivity (Wildman–Crippen MR) is 150 cm³/mol. The van der Waals surface area contributed by atoms with Crippen LogP contribution in [0.2, 0.25) is 0 Å². The summed E-state index contributed by atoms with van der Waals surface area (Å²) in [6, 6.07) is 24.9. The third-order valence-corrected chi connectivity index (χ3v) is 7.21. The van der Waals surface area contributed by atoms with Crippen molar-refractivity contribution in [3.63, 3.8) is 0 Å². The van der Waals surface area contributed by atoms with E-state index in [4.69, 9.17) is 14.7 Å². The first-order valence-electron chi connectivity index (χ1n) is 13.1. The number of ether oxygens (including phenoxy) is 1. The Hall–Kier alpha value is -4.23. The number of aliphatic hydroxyl groups excluding tert-OH is 1. The molecule has 7 heteroatoms. The molecule has 1 fully saturated rings. The largest absolute Gasteiger partial charge is 0.480 e. The Morgan fingerprint density at radius 2 is 1.74 bits per heavy atom. The summed E-state index contributed by atoms with van der Waals surface area (Å²) in [5.41, 5.74) is 7.66. The third kappa shape index (κ3) is 4.73. The molecule has 0 amide bonds. The van der Waals surface area contributed by atoms with Gasteiger partial charge in [0.25, 0.3) is 0 Å². The van der Waals surface area contributed by atoms with E-state index in [-0.39, 0.29) is 12.1 Å². The first-order valence-corrected chi connectivity index (χ1v) is 13.1. The van der Waals surface area contributed by atoms with Gasteiger partial charge >= 0.3 is 0 Å². The minimum absolute atomic E-state index is 0.147. The summed E-state index contributed by atoms with van der Waals surface area (Å²) >= 11 is 0. The molecule has 2 heterocycles. The lowest BCUT2D eigenvalue weighted by Crippen LogP contribution is -2.24. The topological polar surface area (TPSA) is 84.6 Å². The maximum atomic E-state index is 10.0. The maximum absolute atomic E-state index is 10.0. The fraction of sp³-hybridized carbons (Fsp3) is 0.258. The van der Waals surface area contributed by atoms with Crippen LogP contribution in [0.1, 0.15) is 31.2 Å². The summed E-state index contributed by atoms with van der Waals surface area (Å²) in [4.78, 5) is 14.6. The summed E-state index contributed by atoms with van der Waals surface area (Å²) < 4.78 is 7.76. The highest BCUT2D eigenvalue weighted by atomic mass is 16.5. The Morgan fingerprint density at radius 3 is 2.53 bits per heavy atom. The smallest absolute Gasteiger partial charge is 0.237 e. The number of pyridine rings is 1. The molecule has 2 aromatic carbocycles. The number of hydrogen-bond donors (Lipinski definition) is 2. The van der Waals surface area contributed by atoms with Crippen LogP contribution >= 0.6 is 0 Å². The number of hydrogen-bond acceptors (Lipinski definition) is 6. The van der Waals surface area contributed by atoms with Crippen molar-refractivity contribution in [1.29, 1.82) is 0 Å². The normalized spacial score (nSPS) is 18.1. The molecule has 0 atom stereocenters. The number of rotatable bonds is 5. The molecule has 0 radical (unpaired) electrons. The van der Waals surface area contributed by atoms with Crippen molar-refractivity contribution in [3.05, 3.63) is 89.9 Å². The summed E-state index contributed by atoms with van der Waals surface area (Å²) in [6.07, 6.45) is 4.76. The zero-order valence-electron chi connectivity index (χ0n) is 21.6. The number of anilines is 2. The van der Waals surface area contributed by atoms with Gasteiger partial charge in [0.1, 0.15) is 5.69 Å². The molecule has 0 unspecified atom stereocenters. The highest BCUT2D eigenvalue weighted by Gasteiger charge is 2.21. The van der Waals surface area contributed by atoms with Crippen LogP contribution in [0, 0.1) is 6.92 Å². The van der Waals surface area contributed by atoms with Gasteiger partial charge in [-0.05, 0) is 81.1 Å². The van der Waals surface area contributed by atoms with E-state index in [2.05, 4.69) is 64.3 Å². The average Bonchev–Trinajstić information content (AvgIpc) is 2.94. The Bertz CT molecular complexity index is 1620. The second kappa shape index (κ2) is 10.3. The van der Waals surface area contributed by atoms with Gasteiger partial charge < -0.3 is 19.7 Å². The second-order valence-electron chi connectivity index (χ2n) is 9.91. The number of aryl methyl sites for hydroxylation is 1. The molecule has 2 aliphatic carbocycles. The van der Waals surface area contributed by atoms with Crippen molar-refractivity contribution in [2.45, 2.75) is 44.8 Å². The van der Waals surface area contributed by atoms with Gasteiger partial charge in [-0.15, -0.1) is 0 Å². The molecule has 192 valence electrons. The van der Waals surface area contributed by atoms with E-state index >= 15 is 0 Å². The average molecular weight is 506 g/mol. The highest BCUT2D eigenvalue weighted by molar-refractivity contribution is 5.84. The van der Waals surface area contributed by atoms with Crippen LogP contribution in [-0.2, 0) is 0 Å². The van der Waals surface area contributed by atoms with Crippen LogP contribution in [0.3, 0.4) is 0 Å². The van der Waals surface area contributed by atoms with Crippen LogP contribution in [-0.4, -0.2) is 38.9 Å². The van der Waals surface area contributed by atoms with Crippen molar-refractivity contribution >= 4 is 22.4 Å². The lowest BCUT2D eigenvalue weighted by molar-refractivity contribution is 0.123. The highest BCUT2D eigenvalue weighted by Crippen LogP contribution is 2.32. The SMILES string of the molecule is COc1ncccc1Nc1cc2nc3ccccc3n(-c3ccc(C)cc3)c-2c/c1=N\C1CCC(O)CC1. The zero-order valence-corrected chi connectivity index (χ0v) is 21.6. The number of para-hydroxylation sites is 2. The van der Waals surface area contributed by atoms with Gasteiger partial charge in [-0.1, -0.05) is 29.8 Å². The molecule has 2 N–H and O–H groups in total. The number of benzene rings is 3. The van der Waals surface area contributed by atoms with Crippen LogP contribution in [0.15, 0.2) is 84.0 Å². The summed E-state index contributed by atoms with van der Waals surface area (Å²) in [7, 11) is 1.62. The zero-order chi connectivity index (χ0) is 26.1. The van der Waals surface area contributed by atoms with E-state index in [1.807, 2.05) is 30.3 Å². The Balaban J connectivity index is 1.60. The van der Waals surface area contributed by atoms with Crippen molar-refractivity contribution < 1.29 is 9.84 Å². The van der Waals surface area contributed by atoms with E-state index < -0.39 is 0 Å². The molecule has 1 aromatic heterocycles. The van der Waals surface area contributed by atoms with Crippen molar-refractivity contribution in [2.24, 2.45) is 4.99 Å². The number of aliphatic hydroxyl groups is 1. The number of fused-ring (bicyclic) bond motifs is 2. The molecular weight excluding hydrogens is 474 g/mol. The summed E-state index contributed by atoms with van der Waals surface area (Å²) in [6.45, 7) is 2.10. The van der Waals surface area contributed by atoms with E-state index in [9.17, 15) is 5.11 Å². The van der Waals surface area contributed by atoms with Gasteiger partial charge in [0.2, 0.25) is 5.88 Å². The van der Waals surface area contributed by atoms with Crippen LogP contribution in [0.25, 0.3) is 28.1 Å². The van der Waals surface area contributed by atoms with Crippen molar-refractivity contribution in [1.82, 2.24) is 14.5 Å². The maximum Gasteiger partial charge on any atom is 0.237 e. The minimum Gasteiger partial charge on any atom is -0.480 e. The fourth-order valence-corrected chi connectivity index (χ4v) is 5.20. The lowest BCUT2D eigenvalue weighted by atomic mass is 9.93.